The molecular weight excluding hydrogens is 396 g/mol. The molecule has 30 heavy (non-hydrogen) atoms. The first-order valence-corrected chi connectivity index (χ1v) is 11.1. The zero-order valence-electron chi connectivity index (χ0n) is 17.7. The van der Waals surface area contributed by atoms with Crippen molar-refractivity contribution in [2.75, 3.05) is 18.4 Å². The number of benzene rings is 3. The standard InChI is InChI=1S/C24H26N2O3S/c1-18-9-15-23(16-10-18)30(28,29)26(4)22-13-11-20(12-14-22)24(27)25(3)17-21-8-6-5-7-19(21)2/h5-16H,17H2,1-4H3. The number of sulfonamides is 1. The van der Waals surface area contributed by atoms with Gasteiger partial charge in [-0.15, -0.1) is 0 Å². The average molecular weight is 423 g/mol. The lowest BCUT2D eigenvalue weighted by molar-refractivity contribution is 0.0785. The second-order valence-electron chi connectivity index (χ2n) is 7.42. The van der Waals surface area contributed by atoms with Crippen LogP contribution >= 0.6 is 0 Å². The van der Waals surface area contributed by atoms with Gasteiger partial charge in [0.25, 0.3) is 15.9 Å². The molecule has 0 aliphatic carbocycles. The van der Waals surface area contributed by atoms with E-state index in [0.29, 0.717) is 17.8 Å². The minimum absolute atomic E-state index is 0.117. The van der Waals surface area contributed by atoms with Crippen molar-refractivity contribution in [3.8, 4) is 0 Å². The first-order valence-electron chi connectivity index (χ1n) is 9.66. The molecule has 0 spiro atoms. The Kier molecular flexibility index (Phi) is 6.27. The molecular formula is C24H26N2O3S. The third kappa shape index (κ3) is 4.54. The van der Waals surface area contributed by atoms with Crippen LogP contribution in [0.15, 0.2) is 77.7 Å². The van der Waals surface area contributed by atoms with Gasteiger partial charge in [0.15, 0.2) is 0 Å². The van der Waals surface area contributed by atoms with E-state index in [1.807, 2.05) is 38.1 Å². The van der Waals surface area contributed by atoms with Crippen LogP contribution in [0.2, 0.25) is 0 Å². The van der Waals surface area contributed by atoms with Crippen LogP contribution in [-0.2, 0) is 16.6 Å². The van der Waals surface area contributed by atoms with Crippen molar-refractivity contribution in [1.82, 2.24) is 4.90 Å². The lowest BCUT2D eigenvalue weighted by Crippen LogP contribution is -2.28. The third-order valence-corrected chi connectivity index (χ3v) is 6.97. The molecule has 0 heterocycles. The van der Waals surface area contributed by atoms with Gasteiger partial charge >= 0.3 is 0 Å². The first-order chi connectivity index (χ1) is 14.2. The van der Waals surface area contributed by atoms with E-state index in [1.54, 1.807) is 60.5 Å². The van der Waals surface area contributed by atoms with Crippen molar-refractivity contribution in [3.05, 3.63) is 95.1 Å². The topological polar surface area (TPSA) is 57.7 Å². The smallest absolute Gasteiger partial charge is 0.264 e. The van der Waals surface area contributed by atoms with Crippen molar-refractivity contribution in [1.29, 1.82) is 0 Å². The molecule has 156 valence electrons. The Morgan fingerprint density at radius 3 is 2.03 bits per heavy atom. The summed E-state index contributed by atoms with van der Waals surface area (Å²) in [5.41, 5.74) is 4.23. The Bertz CT molecular complexity index is 1140. The largest absolute Gasteiger partial charge is 0.337 e. The van der Waals surface area contributed by atoms with Gasteiger partial charge in [-0.3, -0.25) is 9.10 Å². The monoisotopic (exact) mass is 422 g/mol. The molecule has 1 amide bonds. The zero-order chi connectivity index (χ0) is 21.9. The highest BCUT2D eigenvalue weighted by Crippen LogP contribution is 2.23. The molecule has 0 aliphatic heterocycles. The lowest BCUT2D eigenvalue weighted by Gasteiger charge is -2.21. The predicted molar refractivity (Wildman–Crippen MR) is 120 cm³/mol. The van der Waals surface area contributed by atoms with E-state index in [1.165, 1.54) is 11.4 Å². The molecule has 0 radical (unpaired) electrons. The number of aryl methyl sites for hydroxylation is 2. The summed E-state index contributed by atoms with van der Waals surface area (Å²) in [4.78, 5) is 14.7. The van der Waals surface area contributed by atoms with E-state index >= 15 is 0 Å². The maximum absolute atomic E-state index is 12.9. The third-order valence-electron chi connectivity index (χ3n) is 5.17. The minimum Gasteiger partial charge on any atom is -0.337 e. The normalized spacial score (nSPS) is 11.2. The van der Waals surface area contributed by atoms with Gasteiger partial charge in [-0.25, -0.2) is 8.42 Å². The van der Waals surface area contributed by atoms with Gasteiger partial charge in [-0.1, -0.05) is 42.0 Å². The highest BCUT2D eigenvalue weighted by atomic mass is 32.2. The van der Waals surface area contributed by atoms with Crippen molar-refractivity contribution in [2.45, 2.75) is 25.3 Å². The van der Waals surface area contributed by atoms with Crippen LogP contribution in [0, 0.1) is 13.8 Å². The van der Waals surface area contributed by atoms with Crippen LogP contribution in [0.1, 0.15) is 27.0 Å². The van der Waals surface area contributed by atoms with Gasteiger partial charge in [-0.05, 0) is 61.4 Å². The molecule has 0 saturated heterocycles. The summed E-state index contributed by atoms with van der Waals surface area (Å²) >= 11 is 0. The van der Waals surface area contributed by atoms with Crippen LogP contribution in [0.25, 0.3) is 0 Å². The number of hydrogen-bond acceptors (Lipinski definition) is 3. The Balaban J connectivity index is 1.76. The maximum Gasteiger partial charge on any atom is 0.264 e. The summed E-state index contributed by atoms with van der Waals surface area (Å²) in [7, 11) is -0.395. The van der Waals surface area contributed by atoms with Crippen LogP contribution < -0.4 is 4.31 Å². The highest BCUT2D eigenvalue weighted by molar-refractivity contribution is 7.92. The van der Waals surface area contributed by atoms with Gasteiger partial charge in [0.2, 0.25) is 0 Å². The van der Waals surface area contributed by atoms with E-state index in [4.69, 9.17) is 0 Å². The van der Waals surface area contributed by atoms with Crippen LogP contribution in [-0.4, -0.2) is 33.3 Å². The summed E-state index contributed by atoms with van der Waals surface area (Å²) in [6.45, 7) is 4.44. The second-order valence-corrected chi connectivity index (χ2v) is 9.39. The number of amides is 1. The molecule has 0 aromatic heterocycles. The average Bonchev–Trinajstić information content (AvgIpc) is 2.74. The van der Waals surface area contributed by atoms with E-state index in [-0.39, 0.29) is 10.8 Å². The van der Waals surface area contributed by atoms with Gasteiger partial charge in [0, 0.05) is 26.2 Å². The number of rotatable bonds is 6. The molecule has 0 atom stereocenters. The fourth-order valence-corrected chi connectivity index (χ4v) is 4.35. The first kappa shape index (κ1) is 21.6. The van der Waals surface area contributed by atoms with E-state index in [0.717, 1.165) is 16.7 Å². The Hall–Kier alpha value is -3.12. The molecule has 0 N–H and O–H groups in total. The molecule has 3 aromatic rings. The summed E-state index contributed by atoms with van der Waals surface area (Å²) in [5.74, 6) is -0.117. The maximum atomic E-state index is 12.9. The van der Waals surface area contributed by atoms with Crippen LogP contribution in [0.3, 0.4) is 0 Å². The predicted octanol–water partition coefficient (Wildman–Crippen LogP) is 4.40. The van der Waals surface area contributed by atoms with E-state index in [2.05, 4.69) is 0 Å². The minimum atomic E-state index is -3.67. The molecule has 3 rings (SSSR count). The molecule has 6 heteroatoms. The number of carbonyl (C=O) groups is 1. The second kappa shape index (κ2) is 8.71. The Labute approximate surface area is 178 Å². The van der Waals surface area contributed by atoms with E-state index < -0.39 is 10.0 Å². The molecule has 0 bridgehead atoms. The van der Waals surface area contributed by atoms with Crippen molar-refractivity contribution in [2.24, 2.45) is 0 Å². The molecule has 0 saturated carbocycles. The number of hydrogen-bond donors (Lipinski definition) is 0. The zero-order valence-corrected chi connectivity index (χ0v) is 18.5. The van der Waals surface area contributed by atoms with Gasteiger partial charge in [0.05, 0.1) is 10.6 Å². The van der Waals surface area contributed by atoms with Crippen molar-refractivity contribution < 1.29 is 13.2 Å². The number of nitrogens with zero attached hydrogens (tertiary/aromatic N) is 2. The Morgan fingerprint density at radius 2 is 1.43 bits per heavy atom. The molecule has 0 fully saturated rings. The summed E-state index contributed by atoms with van der Waals surface area (Å²) in [5, 5.41) is 0. The highest BCUT2D eigenvalue weighted by Gasteiger charge is 2.21. The van der Waals surface area contributed by atoms with Crippen LogP contribution in [0.4, 0.5) is 5.69 Å². The fourth-order valence-electron chi connectivity index (χ4n) is 3.16. The summed E-state index contributed by atoms with van der Waals surface area (Å²) in [6.07, 6.45) is 0. The summed E-state index contributed by atoms with van der Waals surface area (Å²) in [6, 6.07) is 21.3. The van der Waals surface area contributed by atoms with Gasteiger partial charge < -0.3 is 4.90 Å². The molecule has 0 aliphatic rings. The molecule has 3 aromatic carbocycles. The van der Waals surface area contributed by atoms with E-state index in [9.17, 15) is 13.2 Å². The van der Waals surface area contributed by atoms with Crippen molar-refractivity contribution >= 4 is 21.6 Å². The Morgan fingerprint density at radius 1 is 0.833 bits per heavy atom. The molecule has 5 nitrogen and oxygen atoms in total. The summed E-state index contributed by atoms with van der Waals surface area (Å²) < 4.78 is 26.9. The fraction of sp³-hybridized carbons (Fsp3) is 0.208. The van der Waals surface area contributed by atoms with Gasteiger partial charge in [0.1, 0.15) is 0 Å². The van der Waals surface area contributed by atoms with Gasteiger partial charge in [-0.2, -0.15) is 0 Å². The van der Waals surface area contributed by atoms with Crippen molar-refractivity contribution in [3.63, 3.8) is 0 Å². The SMILES string of the molecule is Cc1ccc(S(=O)(=O)N(C)c2ccc(C(=O)N(C)Cc3ccccc3C)cc2)cc1. The number of anilines is 1. The molecule has 0 unspecified atom stereocenters. The quantitative estimate of drug-likeness (QED) is 0.592. The lowest BCUT2D eigenvalue weighted by atomic mass is 10.1. The van der Waals surface area contributed by atoms with Crippen LogP contribution in [0.5, 0.6) is 0 Å². The number of carbonyl (C=O) groups excluding carboxylic acids is 1.